The molecule has 2 aromatic rings. The second-order valence-electron chi connectivity index (χ2n) is 5.29. The van der Waals surface area contributed by atoms with Crippen LogP contribution in [0.5, 0.6) is 5.75 Å². The minimum atomic E-state index is -0.579. The van der Waals surface area contributed by atoms with Crippen LogP contribution < -0.4 is 0 Å². The van der Waals surface area contributed by atoms with Crippen molar-refractivity contribution in [1.29, 1.82) is 0 Å². The van der Waals surface area contributed by atoms with Crippen molar-refractivity contribution in [2.45, 2.75) is 0 Å². The Morgan fingerprint density at radius 3 is 2.78 bits per heavy atom. The van der Waals surface area contributed by atoms with Crippen molar-refractivity contribution in [3.63, 3.8) is 0 Å². The fourth-order valence-electron chi connectivity index (χ4n) is 2.18. The van der Waals surface area contributed by atoms with Crippen molar-refractivity contribution >= 4 is 68.1 Å². The number of thiocarbonyl (C=S) groups is 1. The first kappa shape index (κ1) is 19.2. The van der Waals surface area contributed by atoms with Crippen molar-refractivity contribution in [2.24, 2.45) is 5.10 Å². The number of nitro benzene ring substituents is 1. The molecule has 0 atom stereocenters. The molecule has 1 N–H and O–H groups in total. The molecule has 1 amide bonds. The van der Waals surface area contributed by atoms with Crippen molar-refractivity contribution in [1.82, 2.24) is 5.01 Å². The quantitative estimate of drug-likeness (QED) is 0.238. The van der Waals surface area contributed by atoms with Gasteiger partial charge in [-0.3, -0.25) is 14.9 Å². The number of nitro groups is 1. The topological polar surface area (TPSA) is 96.0 Å². The Bertz CT molecular complexity index is 1020. The third-order valence-corrected chi connectivity index (χ3v) is 5.23. The summed E-state index contributed by atoms with van der Waals surface area (Å²) >= 11 is 9.54. The molecule has 27 heavy (non-hydrogen) atoms. The summed E-state index contributed by atoms with van der Waals surface area (Å²) in [6.45, 7) is 0. The predicted molar refractivity (Wildman–Crippen MR) is 112 cm³/mol. The van der Waals surface area contributed by atoms with Crippen LogP contribution in [0.15, 0.2) is 56.9 Å². The molecule has 136 valence electrons. The van der Waals surface area contributed by atoms with E-state index in [0.29, 0.717) is 0 Å². The van der Waals surface area contributed by atoms with Gasteiger partial charge in [-0.15, -0.1) is 0 Å². The molecule has 0 spiro atoms. The van der Waals surface area contributed by atoms with E-state index in [1.54, 1.807) is 0 Å². The Morgan fingerprint density at radius 1 is 1.30 bits per heavy atom. The van der Waals surface area contributed by atoms with Gasteiger partial charge in [-0.2, -0.15) is 10.1 Å². The molecule has 1 aliphatic rings. The number of nitrogens with zero attached hydrogens (tertiary/aromatic N) is 3. The van der Waals surface area contributed by atoms with Crippen LogP contribution >= 0.6 is 39.9 Å². The van der Waals surface area contributed by atoms with E-state index in [2.05, 4.69) is 21.0 Å². The Kier molecular flexibility index (Phi) is 5.68. The Hall–Kier alpha value is -2.56. The number of halogens is 1. The maximum Gasteiger partial charge on any atom is 0.286 e. The average molecular weight is 464 g/mol. The second-order valence-corrected chi connectivity index (χ2v) is 7.88. The van der Waals surface area contributed by atoms with E-state index in [9.17, 15) is 20.0 Å². The maximum atomic E-state index is 12.5. The number of hydrogen-bond donors (Lipinski definition) is 1. The summed E-state index contributed by atoms with van der Waals surface area (Å²) in [6.07, 6.45) is 2.86. The lowest BCUT2D eigenvalue weighted by atomic mass is 10.1. The first-order valence-electron chi connectivity index (χ1n) is 7.40. The Balaban J connectivity index is 1.87. The highest BCUT2D eigenvalue weighted by atomic mass is 79.9. The smallest absolute Gasteiger partial charge is 0.286 e. The molecule has 0 radical (unpaired) electrons. The summed E-state index contributed by atoms with van der Waals surface area (Å²) in [7, 11) is 0. The fraction of sp³-hybridized carbons (Fsp3) is 0. The summed E-state index contributed by atoms with van der Waals surface area (Å²) in [5.41, 5.74) is 0.738. The second kappa shape index (κ2) is 7.99. The summed E-state index contributed by atoms with van der Waals surface area (Å²) in [5, 5.41) is 26.0. The number of hydrazone groups is 1. The molecule has 0 saturated carbocycles. The molecule has 0 aliphatic carbocycles. The zero-order valence-electron chi connectivity index (χ0n) is 13.4. The number of phenols is 1. The van der Waals surface area contributed by atoms with Crippen LogP contribution in [0.1, 0.15) is 11.1 Å². The number of non-ortho nitro benzene ring substituents is 1. The van der Waals surface area contributed by atoms with Crippen molar-refractivity contribution in [3.8, 4) is 5.75 Å². The number of rotatable bonds is 4. The van der Waals surface area contributed by atoms with Gasteiger partial charge in [-0.05, 0) is 42.1 Å². The first-order chi connectivity index (χ1) is 12.8. The van der Waals surface area contributed by atoms with Crippen molar-refractivity contribution in [3.05, 3.63) is 73.1 Å². The van der Waals surface area contributed by atoms with Crippen molar-refractivity contribution < 1.29 is 14.8 Å². The van der Waals surface area contributed by atoms with Gasteiger partial charge >= 0.3 is 0 Å². The van der Waals surface area contributed by atoms with Crippen LogP contribution in [0.2, 0.25) is 0 Å². The number of carbonyl (C=O) groups excluding carboxylic acids is 1. The lowest BCUT2D eigenvalue weighted by molar-refractivity contribution is -0.384. The van der Waals surface area contributed by atoms with Gasteiger partial charge in [-0.25, -0.2) is 0 Å². The normalized spacial score (nSPS) is 15.9. The van der Waals surface area contributed by atoms with Gasteiger partial charge in [0.15, 0.2) is 4.32 Å². The number of hydrogen-bond acceptors (Lipinski definition) is 7. The van der Waals surface area contributed by atoms with E-state index in [1.807, 2.05) is 24.3 Å². The number of carbonyl (C=O) groups is 1. The molecule has 0 aromatic heterocycles. The van der Waals surface area contributed by atoms with Crippen LogP contribution in [-0.4, -0.2) is 31.5 Å². The van der Waals surface area contributed by atoms with Crippen LogP contribution in [0.25, 0.3) is 6.08 Å². The SMILES string of the molecule is O=C1C(=Cc2cc([N+](=O)[O-])ccc2O)SC(=S)N1N=Cc1cccc(Br)c1. The van der Waals surface area contributed by atoms with Crippen LogP contribution in [0, 0.1) is 10.1 Å². The van der Waals surface area contributed by atoms with Gasteiger partial charge in [0.1, 0.15) is 5.75 Å². The minimum absolute atomic E-state index is 0.153. The molecule has 7 nitrogen and oxygen atoms in total. The number of thioether (sulfide) groups is 1. The van der Waals surface area contributed by atoms with Crippen LogP contribution in [-0.2, 0) is 4.79 Å². The van der Waals surface area contributed by atoms with Gasteiger partial charge < -0.3 is 5.11 Å². The summed E-state index contributed by atoms with van der Waals surface area (Å²) in [6, 6.07) is 10.9. The molecule has 2 aromatic carbocycles. The van der Waals surface area contributed by atoms with E-state index in [1.165, 1.54) is 30.5 Å². The zero-order valence-corrected chi connectivity index (χ0v) is 16.6. The standard InChI is InChI=1S/C17H10BrN3O4S2/c18-12-3-1-2-10(6-12)9-19-20-16(23)15(27-17(20)26)8-11-7-13(21(24)25)4-5-14(11)22/h1-9,22H. The monoisotopic (exact) mass is 463 g/mol. The molecule has 10 heteroatoms. The molecule has 0 bridgehead atoms. The number of aromatic hydroxyl groups is 1. The number of benzene rings is 2. The highest BCUT2D eigenvalue weighted by molar-refractivity contribution is 9.10. The van der Waals surface area contributed by atoms with Crippen molar-refractivity contribution in [2.75, 3.05) is 0 Å². The zero-order chi connectivity index (χ0) is 19.6. The summed E-state index contributed by atoms with van der Waals surface area (Å²) in [5.74, 6) is -0.648. The van der Waals surface area contributed by atoms with Crippen LogP contribution in [0.3, 0.4) is 0 Å². The molecule has 0 unspecified atom stereocenters. The number of phenolic OH excluding ortho intramolecular Hbond substituents is 1. The number of amides is 1. The molecule has 1 aliphatic heterocycles. The van der Waals surface area contributed by atoms with E-state index in [0.717, 1.165) is 26.8 Å². The Morgan fingerprint density at radius 2 is 2.07 bits per heavy atom. The van der Waals surface area contributed by atoms with Gasteiger partial charge in [-0.1, -0.05) is 39.8 Å². The van der Waals surface area contributed by atoms with E-state index in [4.69, 9.17) is 12.2 Å². The molecular formula is C17H10BrN3O4S2. The third kappa shape index (κ3) is 4.41. The van der Waals surface area contributed by atoms with Gasteiger partial charge in [0.05, 0.1) is 16.0 Å². The fourth-order valence-corrected chi connectivity index (χ4v) is 3.76. The van der Waals surface area contributed by atoms with E-state index in [-0.39, 0.29) is 26.2 Å². The van der Waals surface area contributed by atoms with Gasteiger partial charge in [0.25, 0.3) is 11.6 Å². The molecular weight excluding hydrogens is 454 g/mol. The lowest BCUT2D eigenvalue weighted by Crippen LogP contribution is -2.22. The average Bonchev–Trinajstić information content (AvgIpc) is 2.88. The maximum absolute atomic E-state index is 12.5. The van der Waals surface area contributed by atoms with E-state index < -0.39 is 10.8 Å². The minimum Gasteiger partial charge on any atom is -0.507 e. The van der Waals surface area contributed by atoms with Gasteiger partial charge in [0, 0.05) is 22.2 Å². The molecule has 3 rings (SSSR count). The first-order valence-corrected chi connectivity index (χ1v) is 9.42. The third-order valence-electron chi connectivity index (χ3n) is 3.45. The summed E-state index contributed by atoms with van der Waals surface area (Å²) < 4.78 is 1.10. The highest BCUT2D eigenvalue weighted by Crippen LogP contribution is 2.35. The van der Waals surface area contributed by atoms with Crippen LogP contribution in [0.4, 0.5) is 5.69 Å². The molecule has 1 fully saturated rings. The lowest BCUT2D eigenvalue weighted by Gasteiger charge is -2.06. The predicted octanol–water partition coefficient (Wildman–Crippen LogP) is 4.30. The Labute approximate surface area is 171 Å². The molecule has 1 saturated heterocycles. The summed E-state index contributed by atoms with van der Waals surface area (Å²) in [4.78, 5) is 23.1. The highest BCUT2D eigenvalue weighted by Gasteiger charge is 2.32. The van der Waals surface area contributed by atoms with Gasteiger partial charge in [0.2, 0.25) is 0 Å². The molecule has 1 heterocycles. The van der Waals surface area contributed by atoms with E-state index >= 15 is 0 Å². The largest absolute Gasteiger partial charge is 0.507 e.